The van der Waals surface area contributed by atoms with Gasteiger partial charge in [-0.25, -0.2) is 4.79 Å². The maximum atomic E-state index is 12.3. The lowest BCUT2D eigenvalue weighted by molar-refractivity contribution is -0.140. The van der Waals surface area contributed by atoms with Crippen molar-refractivity contribution >= 4 is 41.0 Å². The highest BCUT2D eigenvalue weighted by molar-refractivity contribution is 5.96. The molecule has 1 aromatic heterocycles. The quantitative estimate of drug-likeness (QED) is 0.202. The summed E-state index contributed by atoms with van der Waals surface area (Å²) in [6.45, 7) is 1.01. The summed E-state index contributed by atoms with van der Waals surface area (Å²) in [4.78, 5) is 54.9. The minimum atomic E-state index is -1.30. The van der Waals surface area contributed by atoms with Crippen molar-refractivity contribution < 1.29 is 35.5 Å². The van der Waals surface area contributed by atoms with Crippen molar-refractivity contribution in [2.24, 2.45) is 0 Å². The van der Waals surface area contributed by atoms with Crippen LogP contribution in [0.1, 0.15) is 23.2 Å². The first-order chi connectivity index (χ1) is 15.7. The van der Waals surface area contributed by atoms with E-state index in [9.17, 15) is 24.3 Å². The number of hydrogen-bond donors (Lipinski definition) is 7. The predicted octanol–water partition coefficient (Wildman–Crippen LogP) is -1.91. The molecule has 35 heavy (non-hydrogen) atoms. The number of rotatable bonds is 9. The monoisotopic (exact) mass is 495 g/mol. The van der Waals surface area contributed by atoms with Gasteiger partial charge in [0.05, 0.1) is 6.04 Å². The Labute approximate surface area is 199 Å². The number of aliphatic carboxylic acids is 2. The molecule has 2 atom stereocenters. The first-order valence-electron chi connectivity index (χ1n) is 10.1. The summed E-state index contributed by atoms with van der Waals surface area (Å²) >= 11 is 0. The van der Waals surface area contributed by atoms with Crippen LogP contribution in [0.3, 0.4) is 0 Å². The van der Waals surface area contributed by atoms with Crippen LogP contribution in [0, 0.1) is 0 Å². The van der Waals surface area contributed by atoms with Crippen molar-refractivity contribution in [2.45, 2.75) is 24.9 Å². The van der Waals surface area contributed by atoms with E-state index < -0.39 is 23.9 Å². The molecule has 1 aromatic carbocycles. The van der Waals surface area contributed by atoms with Crippen LogP contribution in [0.4, 0.5) is 23.1 Å². The molecule has 3 rings (SSSR count). The standard InChI is InChI=1S/C20H25N7O6.2H2O/c1-27-12(9-23-16-15(27)18(31)26-20(21)25-16)8-22-11-4-2-10(3-5-11)17(30)24-13(19(32)33)6-7-14(28)29;;/h2-5,12-13,22H,6-9H2,1H3,(H,24,30)(H,28,29)(H,32,33)(H4,21,23,25,26,31);2*1H2/t12-,13-;;/m0../s1. The summed E-state index contributed by atoms with van der Waals surface area (Å²) in [6.07, 6.45) is -0.586. The molecule has 15 heteroatoms. The molecular formula is C20H29N7O8. The van der Waals surface area contributed by atoms with Gasteiger partial charge < -0.3 is 47.7 Å². The smallest absolute Gasteiger partial charge is 0.326 e. The molecule has 0 unspecified atom stereocenters. The van der Waals surface area contributed by atoms with E-state index >= 15 is 0 Å². The molecule has 0 spiro atoms. The number of carboxylic acids is 2. The van der Waals surface area contributed by atoms with E-state index in [2.05, 4.69) is 25.9 Å². The topological polar surface area (TPSA) is 266 Å². The van der Waals surface area contributed by atoms with Crippen molar-refractivity contribution in [1.29, 1.82) is 0 Å². The summed E-state index contributed by atoms with van der Waals surface area (Å²) in [5, 5.41) is 26.6. The molecule has 0 aliphatic carbocycles. The number of aromatic nitrogens is 2. The van der Waals surface area contributed by atoms with Gasteiger partial charge in [0, 0.05) is 37.8 Å². The number of anilines is 4. The van der Waals surface area contributed by atoms with Crippen LogP contribution in [0.15, 0.2) is 29.1 Å². The van der Waals surface area contributed by atoms with Crippen molar-refractivity contribution in [3.63, 3.8) is 0 Å². The second kappa shape index (κ2) is 12.2. The molecule has 12 N–H and O–H groups in total. The molecule has 0 fully saturated rings. The lowest BCUT2D eigenvalue weighted by atomic mass is 10.1. The molecule has 0 saturated heterocycles. The zero-order valence-electron chi connectivity index (χ0n) is 18.8. The van der Waals surface area contributed by atoms with E-state index in [1.807, 2.05) is 4.90 Å². The van der Waals surface area contributed by atoms with Crippen LogP contribution in [0.25, 0.3) is 0 Å². The summed E-state index contributed by atoms with van der Waals surface area (Å²) in [5.41, 5.74) is 6.59. The summed E-state index contributed by atoms with van der Waals surface area (Å²) in [5.74, 6) is -2.59. The largest absolute Gasteiger partial charge is 0.481 e. The fourth-order valence-corrected chi connectivity index (χ4v) is 3.42. The van der Waals surface area contributed by atoms with Crippen molar-refractivity contribution in [3.05, 3.63) is 40.2 Å². The second-order valence-corrected chi connectivity index (χ2v) is 7.55. The first kappa shape index (κ1) is 28.7. The number of carbonyl (C=O) groups excluding carboxylic acids is 1. The first-order valence-corrected chi connectivity index (χ1v) is 10.1. The van der Waals surface area contributed by atoms with E-state index in [0.29, 0.717) is 24.6 Å². The maximum absolute atomic E-state index is 12.3. The highest BCUT2D eigenvalue weighted by Crippen LogP contribution is 2.25. The van der Waals surface area contributed by atoms with Gasteiger partial charge in [-0.1, -0.05) is 0 Å². The highest BCUT2D eigenvalue weighted by atomic mass is 16.4. The van der Waals surface area contributed by atoms with Gasteiger partial charge in [0.1, 0.15) is 11.7 Å². The molecule has 0 bridgehead atoms. The fourth-order valence-electron chi connectivity index (χ4n) is 3.42. The Morgan fingerprint density at radius 2 is 1.89 bits per heavy atom. The minimum Gasteiger partial charge on any atom is -0.481 e. The molecule has 15 nitrogen and oxygen atoms in total. The third-order valence-corrected chi connectivity index (χ3v) is 5.26. The molecule has 0 radical (unpaired) electrons. The average Bonchev–Trinajstić information content (AvgIpc) is 2.75. The van der Waals surface area contributed by atoms with Crippen molar-refractivity contribution in [2.75, 3.05) is 41.4 Å². The van der Waals surface area contributed by atoms with Gasteiger partial charge in [0.25, 0.3) is 11.5 Å². The molecule has 1 amide bonds. The van der Waals surface area contributed by atoms with Gasteiger partial charge in [-0.3, -0.25) is 19.4 Å². The van der Waals surface area contributed by atoms with E-state index in [0.717, 1.165) is 5.69 Å². The van der Waals surface area contributed by atoms with Crippen LogP contribution < -0.4 is 32.1 Å². The van der Waals surface area contributed by atoms with Crippen LogP contribution in [-0.2, 0) is 9.59 Å². The zero-order chi connectivity index (χ0) is 24.1. The molecule has 1 aliphatic rings. The Morgan fingerprint density at radius 1 is 1.23 bits per heavy atom. The number of carbonyl (C=O) groups is 3. The Morgan fingerprint density at radius 3 is 2.49 bits per heavy atom. The Hall–Kier alpha value is -4.37. The molecule has 0 saturated carbocycles. The summed E-state index contributed by atoms with van der Waals surface area (Å²) in [6, 6.07) is 5.03. The molecule has 2 heterocycles. The number of carboxylic acid groups (broad SMARTS) is 2. The maximum Gasteiger partial charge on any atom is 0.326 e. The zero-order valence-corrected chi connectivity index (χ0v) is 18.8. The number of H-pyrrole nitrogens is 1. The van der Waals surface area contributed by atoms with Crippen LogP contribution >= 0.6 is 0 Å². The number of amides is 1. The SMILES string of the molecule is CN1c2c(nc(N)[nH]c2=O)NC[C@@H]1CNc1ccc(C(=O)N[C@@H](CCC(=O)O)C(=O)O)cc1.O.O. The third-order valence-electron chi connectivity index (χ3n) is 5.26. The number of nitrogens with one attached hydrogen (secondary N) is 4. The van der Waals surface area contributed by atoms with Gasteiger partial charge in [0.2, 0.25) is 5.95 Å². The fraction of sp³-hybridized carbons (Fsp3) is 0.350. The van der Waals surface area contributed by atoms with Crippen molar-refractivity contribution in [1.82, 2.24) is 15.3 Å². The summed E-state index contributed by atoms with van der Waals surface area (Å²) < 4.78 is 0. The van der Waals surface area contributed by atoms with Gasteiger partial charge in [-0.15, -0.1) is 0 Å². The number of fused-ring (bicyclic) bond motifs is 1. The second-order valence-electron chi connectivity index (χ2n) is 7.55. The Bertz CT molecular complexity index is 1110. The Balaban J connectivity index is 0.00000306. The van der Waals surface area contributed by atoms with Crippen molar-refractivity contribution in [3.8, 4) is 0 Å². The number of hydrogen-bond acceptors (Lipinski definition) is 9. The molecule has 1 aliphatic heterocycles. The van der Waals surface area contributed by atoms with E-state index in [-0.39, 0.29) is 46.9 Å². The number of nitrogens with zero attached hydrogens (tertiary/aromatic N) is 2. The number of nitrogens with two attached hydrogens (primary N) is 1. The van der Waals surface area contributed by atoms with Crippen LogP contribution in [-0.4, -0.2) is 81.2 Å². The van der Waals surface area contributed by atoms with E-state index in [1.165, 1.54) is 12.1 Å². The average molecular weight is 495 g/mol. The number of nitrogen functional groups attached to an aromatic ring is 1. The molecule has 2 aromatic rings. The number of benzene rings is 1. The minimum absolute atomic E-state index is 0. The lowest BCUT2D eigenvalue weighted by Crippen LogP contribution is -2.48. The van der Waals surface area contributed by atoms with Crippen LogP contribution in [0.5, 0.6) is 0 Å². The normalized spacial score (nSPS) is 14.8. The van der Waals surface area contributed by atoms with E-state index in [1.54, 1.807) is 19.2 Å². The van der Waals surface area contributed by atoms with Gasteiger partial charge in [-0.2, -0.15) is 4.98 Å². The number of aromatic amines is 1. The predicted molar refractivity (Wildman–Crippen MR) is 128 cm³/mol. The van der Waals surface area contributed by atoms with Gasteiger partial charge in [0.15, 0.2) is 5.82 Å². The highest BCUT2D eigenvalue weighted by Gasteiger charge is 2.27. The molecular weight excluding hydrogens is 466 g/mol. The lowest BCUT2D eigenvalue weighted by Gasteiger charge is -2.35. The Kier molecular flexibility index (Phi) is 9.99. The van der Waals surface area contributed by atoms with Crippen LogP contribution in [0.2, 0.25) is 0 Å². The van der Waals surface area contributed by atoms with Gasteiger partial charge in [-0.05, 0) is 30.7 Å². The summed E-state index contributed by atoms with van der Waals surface area (Å²) in [7, 11) is 1.79. The third kappa shape index (κ3) is 7.05. The molecule has 192 valence electrons. The van der Waals surface area contributed by atoms with E-state index in [4.69, 9.17) is 10.8 Å². The van der Waals surface area contributed by atoms with Gasteiger partial charge >= 0.3 is 11.9 Å². The number of likely N-dealkylation sites (N-methyl/N-ethyl adjacent to an activating group) is 1.